The van der Waals surface area contributed by atoms with E-state index < -0.39 is 23.9 Å². The molecule has 0 saturated carbocycles. The number of methoxy groups -OCH3 is 1. The number of carbonyl (C=O) groups excluding carboxylic acids is 2. The van der Waals surface area contributed by atoms with Crippen molar-refractivity contribution in [2.45, 2.75) is 59.9 Å². The average Bonchev–Trinajstić information content (AvgIpc) is 3.72. The Bertz CT molecular complexity index is 1960. The molecule has 8 bridgehead atoms. The van der Waals surface area contributed by atoms with Gasteiger partial charge in [0.2, 0.25) is 0 Å². The molecule has 5 N–H and O–H groups in total. The van der Waals surface area contributed by atoms with Gasteiger partial charge in [-0.3, -0.25) is 19.1 Å². The lowest BCUT2D eigenvalue weighted by molar-refractivity contribution is -0.142. The molecule has 45 heavy (non-hydrogen) atoms. The molecule has 4 atom stereocenters. The number of fused-ring (bicyclic) bond motifs is 7. The van der Waals surface area contributed by atoms with Gasteiger partial charge in [-0.25, -0.2) is 4.99 Å². The van der Waals surface area contributed by atoms with Gasteiger partial charge in [0, 0.05) is 34.5 Å². The Labute approximate surface area is 261 Å². The molecule has 0 spiro atoms. The summed E-state index contributed by atoms with van der Waals surface area (Å²) in [5.41, 5.74) is 9.66. The van der Waals surface area contributed by atoms with Crippen LogP contribution < -0.4 is 21.9 Å². The minimum Gasteiger partial charge on any atom is -0.481 e. The maximum Gasteiger partial charge on any atom is 0.320 e. The van der Waals surface area contributed by atoms with Crippen LogP contribution in [0.15, 0.2) is 34.1 Å². The SMILES string of the molecule is C=Cc1c(C)c2n(N)c1/C=C1N=C(/C=c3\[nH]c4c(c3C)C(=O)[C@H](C(=O)OC)C=4C3N/C(=C\2)[C@@H](C)[C@@H]3CCC(=O)O)C(CC)=C\1C. The summed E-state index contributed by atoms with van der Waals surface area (Å²) < 4.78 is 6.80. The van der Waals surface area contributed by atoms with E-state index in [1.165, 1.54) is 7.11 Å². The monoisotopic (exact) mass is 609 g/mol. The molecule has 6 rings (SSSR count). The normalized spacial score (nSPS) is 26.4. The van der Waals surface area contributed by atoms with Crippen LogP contribution in [0.3, 0.4) is 0 Å². The lowest BCUT2D eigenvalue weighted by Crippen LogP contribution is -2.38. The minimum absolute atomic E-state index is 0.0594. The molecule has 2 aromatic heterocycles. The molecule has 0 aromatic carbocycles. The van der Waals surface area contributed by atoms with E-state index in [1.54, 1.807) is 10.8 Å². The number of H-pyrrole nitrogens is 1. The van der Waals surface area contributed by atoms with Gasteiger partial charge in [-0.1, -0.05) is 26.5 Å². The van der Waals surface area contributed by atoms with Crippen LogP contribution in [0.4, 0.5) is 0 Å². The fourth-order valence-corrected chi connectivity index (χ4v) is 7.62. The number of hydrogen-bond donors (Lipinski definition) is 4. The summed E-state index contributed by atoms with van der Waals surface area (Å²) in [5, 5.41) is 14.6. The van der Waals surface area contributed by atoms with Gasteiger partial charge in [0.1, 0.15) is 5.92 Å². The fourth-order valence-electron chi connectivity index (χ4n) is 7.62. The van der Waals surface area contributed by atoms with Crippen molar-refractivity contribution in [2.75, 3.05) is 13.0 Å². The molecule has 2 aromatic rings. The van der Waals surface area contributed by atoms with Crippen molar-refractivity contribution in [1.82, 2.24) is 15.0 Å². The lowest BCUT2D eigenvalue weighted by atomic mass is 9.80. The Morgan fingerprint density at radius 2 is 1.91 bits per heavy atom. The van der Waals surface area contributed by atoms with Gasteiger partial charge < -0.3 is 26.0 Å². The highest BCUT2D eigenvalue weighted by Gasteiger charge is 2.49. The number of ether oxygens (including phenoxy) is 1. The van der Waals surface area contributed by atoms with E-state index in [0.717, 1.165) is 68.1 Å². The van der Waals surface area contributed by atoms with Gasteiger partial charge >= 0.3 is 11.9 Å². The van der Waals surface area contributed by atoms with Gasteiger partial charge in [0.15, 0.2) is 5.78 Å². The van der Waals surface area contributed by atoms with E-state index in [0.29, 0.717) is 22.9 Å². The van der Waals surface area contributed by atoms with Gasteiger partial charge in [0.25, 0.3) is 0 Å². The second kappa shape index (κ2) is 10.9. The zero-order valence-electron chi connectivity index (χ0n) is 26.5. The molecule has 3 aliphatic heterocycles. The van der Waals surface area contributed by atoms with Crippen molar-refractivity contribution in [1.29, 1.82) is 0 Å². The number of ketones is 1. The fraction of sp³-hybridized carbons (Fsp3) is 0.371. The third-order valence-electron chi connectivity index (χ3n) is 10.1. The molecule has 10 heteroatoms. The highest BCUT2D eigenvalue weighted by atomic mass is 16.5. The van der Waals surface area contributed by atoms with Crippen molar-refractivity contribution in [3.63, 3.8) is 0 Å². The number of carboxylic acid groups (broad SMARTS) is 1. The Hall–Kier alpha value is -4.86. The first-order valence-corrected chi connectivity index (χ1v) is 15.3. The second-order valence-corrected chi connectivity index (χ2v) is 12.3. The minimum atomic E-state index is -1.15. The average molecular weight is 610 g/mol. The summed E-state index contributed by atoms with van der Waals surface area (Å²) in [6.45, 7) is 14.1. The first-order valence-electron chi connectivity index (χ1n) is 15.3. The highest BCUT2D eigenvalue weighted by molar-refractivity contribution is 6.24. The second-order valence-electron chi connectivity index (χ2n) is 12.3. The van der Waals surface area contributed by atoms with Crippen LogP contribution in [-0.4, -0.2) is 51.4 Å². The van der Waals surface area contributed by atoms with Crippen LogP contribution in [0.1, 0.15) is 78.5 Å². The van der Waals surface area contributed by atoms with E-state index >= 15 is 0 Å². The summed E-state index contributed by atoms with van der Waals surface area (Å²) in [7, 11) is 1.28. The summed E-state index contributed by atoms with van der Waals surface area (Å²) in [6, 6.07) is -0.512. The molecule has 1 saturated heterocycles. The Balaban J connectivity index is 1.72. The predicted molar refractivity (Wildman–Crippen MR) is 175 cm³/mol. The zero-order valence-corrected chi connectivity index (χ0v) is 26.5. The number of carboxylic acids is 1. The number of Topliss-reactive ketones (excluding diaryl/α,β-unsaturated/α-hetero) is 1. The van der Waals surface area contributed by atoms with Crippen LogP contribution in [0.5, 0.6) is 0 Å². The number of allylic oxidation sites excluding steroid dienone is 3. The van der Waals surface area contributed by atoms with E-state index in [-0.39, 0.29) is 24.0 Å². The molecule has 1 fully saturated rings. The first kappa shape index (κ1) is 30.2. The molecular formula is C35H39N5O5. The van der Waals surface area contributed by atoms with Crippen molar-refractivity contribution >= 4 is 53.3 Å². The Morgan fingerprint density at radius 1 is 1.18 bits per heavy atom. The molecule has 1 unspecified atom stereocenters. The number of carbonyl (C=O) groups is 3. The number of nitrogens with two attached hydrogens (primary N) is 1. The summed E-state index contributed by atoms with van der Waals surface area (Å²) in [5.74, 6) is 3.39. The maximum atomic E-state index is 14.0. The van der Waals surface area contributed by atoms with Crippen LogP contribution in [0.2, 0.25) is 0 Å². The largest absolute Gasteiger partial charge is 0.481 e. The first-order chi connectivity index (χ1) is 21.4. The Kier molecular flexibility index (Phi) is 7.34. The molecule has 5 heterocycles. The van der Waals surface area contributed by atoms with Crippen LogP contribution in [-0.2, 0) is 14.3 Å². The predicted octanol–water partition coefficient (Wildman–Crippen LogP) is 3.37. The summed E-state index contributed by atoms with van der Waals surface area (Å²) in [4.78, 5) is 47.6. The molecular weight excluding hydrogens is 570 g/mol. The number of aromatic nitrogens is 2. The van der Waals surface area contributed by atoms with Gasteiger partial charge in [-0.05, 0) is 85.6 Å². The van der Waals surface area contributed by atoms with Crippen LogP contribution >= 0.6 is 0 Å². The molecule has 1 aliphatic carbocycles. The maximum absolute atomic E-state index is 14.0. The number of hydrogen-bond acceptors (Lipinski definition) is 7. The van der Waals surface area contributed by atoms with Crippen LogP contribution in [0.25, 0.3) is 29.9 Å². The zero-order chi connectivity index (χ0) is 32.5. The van der Waals surface area contributed by atoms with Crippen molar-refractivity contribution in [2.24, 2.45) is 22.7 Å². The molecule has 0 amide bonds. The van der Waals surface area contributed by atoms with E-state index in [4.69, 9.17) is 15.6 Å². The van der Waals surface area contributed by atoms with Crippen molar-refractivity contribution < 1.29 is 24.2 Å². The summed E-state index contributed by atoms with van der Waals surface area (Å²) >= 11 is 0. The number of nitrogens with zero attached hydrogens (tertiary/aromatic N) is 2. The Morgan fingerprint density at radius 3 is 2.56 bits per heavy atom. The van der Waals surface area contributed by atoms with Crippen LogP contribution in [0, 0.1) is 31.6 Å². The standard InChI is InChI=1S/C35H39N5O5/c1-8-19-15(3)23-14-27-20(9-2)17(5)26(40(27)36)13-24-16(4)21(10-11-28(41)42)32(38-24)30-31(35(44)45-7)34(43)29-18(6)22(39-33(29)30)12-25(19)37-23/h9,12-14,16,21,31-32,38-39H,2,8,10-11,36H2,1,3-7H3,(H,41,42)/b22-12-,23-14-,24-13-/t16-,21-,31+,32?/m0/s1. The number of aromatic amines is 1. The van der Waals surface area contributed by atoms with E-state index in [2.05, 4.69) is 30.7 Å². The number of aliphatic carboxylic acids is 1. The number of rotatable bonds is 6. The van der Waals surface area contributed by atoms with Gasteiger partial charge in [-0.2, -0.15) is 0 Å². The van der Waals surface area contributed by atoms with Crippen molar-refractivity contribution in [3.8, 4) is 0 Å². The van der Waals surface area contributed by atoms with Gasteiger partial charge in [-0.15, -0.1) is 0 Å². The smallest absolute Gasteiger partial charge is 0.320 e. The van der Waals surface area contributed by atoms with E-state index in [1.807, 2.05) is 39.0 Å². The molecule has 4 aliphatic rings. The molecule has 10 nitrogen and oxygen atoms in total. The molecule has 234 valence electrons. The topological polar surface area (TPSA) is 152 Å². The van der Waals surface area contributed by atoms with E-state index in [9.17, 15) is 19.5 Å². The lowest BCUT2D eigenvalue weighted by Gasteiger charge is -2.25. The molecule has 0 radical (unpaired) electrons. The summed E-state index contributed by atoms with van der Waals surface area (Å²) in [6.07, 6.45) is 8.77. The number of nitrogens with one attached hydrogen (secondary N) is 2. The quantitative estimate of drug-likeness (QED) is 0.223. The number of nitrogen functional groups attached to an aromatic ring is 1. The third-order valence-corrected chi connectivity index (χ3v) is 10.1. The van der Waals surface area contributed by atoms with Crippen molar-refractivity contribution in [3.05, 3.63) is 73.5 Å². The number of esters is 1. The van der Waals surface area contributed by atoms with Gasteiger partial charge in [0.05, 0.1) is 41.3 Å². The third kappa shape index (κ3) is 4.45. The highest BCUT2D eigenvalue weighted by Crippen LogP contribution is 2.42. The number of aliphatic imine (C=N–C) groups is 1.